The molecule has 0 amide bonds. The second kappa shape index (κ2) is 7.04. The Balaban J connectivity index is 1.74. The van der Waals surface area contributed by atoms with Gasteiger partial charge in [-0.1, -0.05) is 35.3 Å². The minimum atomic E-state index is 0.487. The van der Waals surface area contributed by atoms with Gasteiger partial charge in [0.15, 0.2) is 0 Å². The molecule has 2 heterocycles. The van der Waals surface area contributed by atoms with Crippen molar-refractivity contribution in [1.82, 2.24) is 9.97 Å². The van der Waals surface area contributed by atoms with Crippen LogP contribution in [0.2, 0.25) is 10.0 Å². The van der Waals surface area contributed by atoms with Crippen LogP contribution in [-0.4, -0.2) is 36.3 Å². The van der Waals surface area contributed by atoms with Crippen LogP contribution in [0.15, 0.2) is 42.5 Å². The summed E-state index contributed by atoms with van der Waals surface area (Å²) in [5.74, 6) is 1.44. The number of nitrogens with one attached hydrogen (secondary N) is 1. The summed E-state index contributed by atoms with van der Waals surface area (Å²) in [7, 11) is 0. The van der Waals surface area contributed by atoms with E-state index in [4.69, 9.17) is 32.9 Å². The predicted molar refractivity (Wildman–Crippen MR) is 102 cm³/mol. The zero-order chi connectivity index (χ0) is 17.2. The van der Waals surface area contributed by atoms with E-state index >= 15 is 0 Å². The standard InChI is InChI=1S/C18H16Cl2N4O/c19-14-6-5-12(11-15(14)20)21-18-22-16-4-2-1-3-13(16)17(23-18)24-7-9-25-10-8-24/h1-6,11H,7-10H2,(H,21,22,23). The first-order chi connectivity index (χ1) is 12.2. The summed E-state index contributed by atoms with van der Waals surface area (Å²) in [5.41, 5.74) is 1.68. The number of para-hydroxylation sites is 1. The van der Waals surface area contributed by atoms with E-state index in [9.17, 15) is 0 Å². The number of morpholine rings is 1. The lowest BCUT2D eigenvalue weighted by atomic mass is 10.2. The van der Waals surface area contributed by atoms with Crippen LogP contribution in [0.25, 0.3) is 10.9 Å². The highest BCUT2D eigenvalue weighted by atomic mass is 35.5. The molecule has 0 radical (unpaired) electrons. The number of rotatable bonds is 3. The summed E-state index contributed by atoms with van der Waals surface area (Å²) in [6, 6.07) is 13.4. The fourth-order valence-corrected chi connectivity index (χ4v) is 3.13. The molecule has 0 atom stereocenters. The molecule has 0 unspecified atom stereocenters. The van der Waals surface area contributed by atoms with Gasteiger partial charge in [0.2, 0.25) is 5.95 Å². The van der Waals surface area contributed by atoms with Crippen LogP contribution in [0.1, 0.15) is 0 Å². The van der Waals surface area contributed by atoms with Crippen LogP contribution in [0.5, 0.6) is 0 Å². The molecule has 1 N–H and O–H groups in total. The topological polar surface area (TPSA) is 50.3 Å². The van der Waals surface area contributed by atoms with Gasteiger partial charge in [-0.15, -0.1) is 0 Å². The lowest BCUT2D eigenvalue weighted by molar-refractivity contribution is 0.122. The minimum absolute atomic E-state index is 0.487. The molecular weight excluding hydrogens is 359 g/mol. The quantitative estimate of drug-likeness (QED) is 0.730. The van der Waals surface area contributed by atoms with Gasteiger partial charge >= 0.3 is 0 Å². The van der Waals surface area contributed by atoms with Crippen molar-refractivity contribution in [2.45, 2.75) is 0 Å². The van der Waals surface area contributed by atoms with E-state index < -0.39 is 0 Å². The summed E-state index contributed by atoms with van der Waals surface area (Å²) < 4.78 is 5.46. The largest absolute Gasteiger partial charge is 0.378 e. The third-order valence-electron chi connectivity index (χ3n) is 4.07. The number of aromatic nitrogens is 2. The summed E-state index contributed by atoms with van der Waals surface area (Å²) in [4.78, 5) is 11.6. The first-order valence-corrected chi connectivity index (χ1v) is 8.78. The maximum absolute atomic E-state index is 6.09. The zero-order valence-electron chi connectivity index (χ0n) is 13.4. The number of fused-ring (bicyclic) bond motifs is 1. The first-order valence-electron chi connectivity index (χ1n) is 8.02. The van der Waals surface area contributed by atoms with E-state index in [2.05, 4.69) is 15.2 Å². The van der Waals surface area contributed by atoms with Crippen LogP contribution in [0.3, 0.4) is 0 Å². The Morgan fingerprint density at radius 3 is 2.56 bits per heavy atom. The summed E-state index contributed by atoms with van der Waals surface area (Å²) in [6.45, 7) is 3.03. The van der Waals surface area contributed by atoms with Gasteiger partial charge in [0.25, 0.3) is 0 Å². The second-order valence-electron chi connectivity index (χ2n) is 5.74. The fraction of sp³-hybridized carbons (Fsp3) is 0.222. The molecule has 25 heavy (non-hydrogen) atoms. The lowest BCUT2D eigenvalue weighted by Gasteiger charge is -2.29. The van der Waals surface area contributed by atoms with Gasteiger partial charge in [0.05, 0.1) is 28.8 Å². The van der Waals surface area contributed by atoms with Crippen molar-refractivity contribution in [3.8, 4) is 0 Å². The molecule has 7 heteroatoms. The molecular formula is C18H16Cl2N4O. The van der Waals surface area contributed by atoms with Gasteiger partial charge in [-0.3, -0.25) is 0 Å². The number of halogens is 2. The summed E-state index contributed by atoms with van der Waals surface area (Å²) in [6.07, 6.45) is 0. The summed E-state index contributed by atoms with van der Waals surface area (Å²) in [5, 5.41) is 5.25. The highest BCUT2D eigenvalue weighted by Crippen LogP contribution is 2.29. The van der Waals surface area contributed by atoms with E-state index in [1.807, 2.05) is 30.3 Å². The molecule has 3 aromatic rings. The van der Waals surface area contributed by atoms with Crippen molar-refractivity contribution in [1.29, 1.82) is 0 Å². The van der Waals surface area contributed by atoms with Crippen molar-refractivity contribution in [3.05, 3.63) is 52.5 Å². The van der Waals surface area contributed by atoms with Gasteiger partial charge in [-0.2, -0.15) is 4.98 Å². The van der Waals surface area contributed by atoms with E-state index in [0.29, 0.717) is 29.2 Å². The SMILES string of the molecule is Clc1ccc(Nc2nc(N3CCOCC3)c3ccccc3n2)cc1Cl. The molecule has 4 rings (SSSR count). The van der Waals surface area contributed by atoms with E-state index in [-0.39, 0.29) is 0 Å². The third kappa shape index (κ3) is 3.49. The zero-order valence-corrected chi connectivity index (χ0v) is 14.9. The smallest absolute Gasteiger partial charge is 0.229 e. The average Bonchev–Trinajstić information content (AvgIpc) is 2.65. The predicted octanol–water partition coefficient (Wildman–Crippen LogP) is 4.52. The Morgan fingerprint density at radius 1 is 0.960 bits per heavy atom. The highest BCUT2D eigenvalue weighted by molar-refractivity contribution is 6.42. The Kier molecular flexibility index (Phi) is 4.61. The van der Waals surface area contributed by atoms with Crippen LogP contribution < -0.4 is 10.2 Å². The van der Waals surface area contributed by atoms with Crippen molar-refractivity contribution in [2.75, 3.05) is 36.5 Å². The molecule has 0 bridgehead atoms. The molecule has 0 saturated carbocycles. The number of nitrogens with zero attached hydrogens (tertiary/aromatic N) is 3. The van der Waals surface area contributed by atoms with Crippen molar-refractivity contribution >= 4 is 51.6 Å². The van der Waals surface area contributed by atoms with Crippen molar-refractivity contribution in [2.24, 2.45) is 0 Å². The number of ether oxygens (including phenoxy) is 1. The molecule has 1 saturated heterocycles. The normalized spacial score (nSPS) is 14.7. The third-order valence-corrected chi connectivity index (χ3v) is 4.81. The van der Waals surface area contributed by atoms with Crippen molar-refractivity contribution in [3.63, 3.8) is 0 Å². The average molecular weight is 375 g/mol. The Labute approximate surface area is 155 Å². The Morgan fingerprint density at radius 2 is 1.76 bits per heavy atom. The van der Waals surface area contributed by atoms with Crippen LogP contribution in [0, 0.1) is 0 Å². The van der Waals surface area contributed by atoms with Gasteiger partial charge in [-0.05, 0) is 30.3 Å². The van der Waals surface area contributed by atoms with Crippen LogP contribution in [-0.2, 0) is 4.74 Å². The number of benzene rings is 2. The summed E-state index contributed by atoms with van der Waals surface area (Å²) >= 11 is 12.1. The van der Waals surface area contributed by atoms with E-state index in [0.717, 1.165) is 35.5 Å². The number of hydrogen-bond donors (Lipinski definition) is 1. The monoisotopic (exact) mass is 374 g/mol. The van der Waals surface area contributed by atoms with E-state index in [1.165, 1.54) is 0 Å². The first kappa shape index (κ1) is 16.4. The molecule has 0 spiro atoms. The van der Waals surface area contributed by atoms with Crippen LogP contribution in [0.4, 0.5) is 17.5 Å². The molecule has 1 fully saturated rings. The lowest BCUT2D eigenvalue weighted by Crippen LogP contribution is -2.37. The Bertz CT molecular complexity index is 913. The number of anilines is 3. The van der Waals surface area contributed by atoms with Crippen LogP contribution >= 0.6 is 23.2 Å². The molecule has 1 aliphatic heterocycles. The second-order valence-corrected chi connectivity index (χ2v) is 6.56. The van der Waals surface area contributed by atoms with Crippen molar-refractivity contribution < 1.29 is 4.74 Å². The van der Waals surface area contributed by atoms with Gasteiger partial charge in [0, 0.05) is 24.2 Å². The minimum Gasteiger partial charge on any atom is -0.378 e. The molecule has 1 aliphatic rings. The fourth-order valence-electron chi connectivity index (χ4n) is 2.83. The molecule has 2 aromatic carbocycles. The van der Waals surface area contributed by atoms with Gasteiger partial charge in [0.1, 0.15) is 5.82 Å². The van der Waals surface area contributed by atoms with E-state index in [1.54, 1.807) is 12.1 Å². The molecule has 5 nitrogen and oxygen atoms in total. The highest BCUT2D eigenvalue weighted by Gasteiger charge is 2.17. The van der Waals surface area contributed by atoms with Gasteiger partial charge in [-0.25, -0.2) is 4.98 Å². The Hall–Kier alpha value is -2.08. The molecule has 1 aromatic heterocycles. The maximum atomic E-state index is 6.09. The maximum Gasteiger partial charge on any atom is 0.229 e. The number of hydrogen-bond acceptors (Lipinski definition) is 5. The molecule has 128 valence electrons. The molecule has 0 aliphatic carbocycles. The van der Waals surface area contributed by atoms with Gasteiger partial charge < -0.3 is 15.0 Å².